The second-order valence-electron chi connectivity index (χ2n) is 6.62. The summed E-state index contributed by atoms with van der Waals surface area (Å²) in [6.45, 7) is 1.56. The molecule has 5 heteroatoms. The third-order valence-corrected chi connectivity index (χ3v) is 5.29. The van der Waals surface area contributed by atoms with Crippen molar-refractivity contribution >= 4 is 22.6 Å². The highest BCUT2D eigenvalue weighted by Crippen LogP contribution is 2.20. The molecule has 0 aliphatic carbocycles. The van der Waals surface area contributed by atoms with Gasteiger partial charge in [-0.1, -0.05) is 54.2 Å². The van der Waals surface area contributed by atoms with Gasteiger partial charge in [-0.15, -0.1) is 0 Å². The van der Waals surface area contributed by atoms with Crippen molar-refractivity contribution in [1.29, 1.82) is 0 Å². The van der Waals surface area contributed by atoms with E-state index in [9.17, 15) is 5.11 Å². The third kappa shape index (κ3) is 6.29. The Morgan fingerprint density at radius 3 is 2.21 bits per heavy atom. The maximum absolute atomic E-state index is 9.58. The van der Waals surface area contributed by atoms with Crippen LogP contribution in [-0.4, -0.2) is 35.1 Å². The smallest absolute Gasteiger partial charge is 0.164 e. The highest BCUT2D eigenvalue weighted by atomic mass is 32.2. The molecule has 1 N–H and O–H groups in total. The number of phenols is 1. The van der Waals surface area contributed by atoms with Crippen molar-refractivity contribution in [3.63, 3.8) is 0 Å². The standard InChI is InChI=1S/C24H26N2O2S/c1-28-23-14-10-19(11-15-23)16-17-26(18-20-8-12-22(27)13-9-20)24(29-2)25-21-6-4-3-5-7-21/h3-15,27H,16-18H2,1-2H3. The molecular formula is C24H26N2O2S. The molecule has 0 spiro atoms. The SMILES string of the molecule is COc1ccc(CCN(Cc2ccc(O)cc2)C(=Nc2ccccc2)SC)cc1. The van der Waals surface area contributed by atoms with Crippen LogP contribution in [0.5, 0.6) is 11.5 Å². The van der Waals surface area contributed by atoms with Gasteiger partial charge in [0, 0.05) is 13.1 Å². The van der Waals surface area contributed by atoms with Crippen molar-refractivity contribution in [2.24, 2.45) is 4.99 Å². The molecule has 150 valence electrons. The third-order valence-electron chi connectivity index (χ3n) is 4.57. The molecule has 3 rings (SSSR count). The van der Waals surface area contributed by atoms with Crippen LogP contribution in [0, 0.1) is 0 Å². The first-order chi connectivity index (χ1) is 14.2. The van der Waals surface area contributed by atoms with Crippen LogP contribution in [-0.2, 0) is 13.0 Å². The van der Waals surface area contributed by atoms with Gasteiger partial charge < -0.3 is 14.7 Å². The van der Waals surface area contributed by atoms with Crippen LogP contribution in [0.3, 0.4) is 0 Å². The first-order valence-electron chi connectivity index (χ1n) is 9.51. The fraction of sp³-hybridized carbons (Fsp3) is 0.208. The van der Waals surface area contributed by atoms with Crippen molar-refractivity contribution in [2.75, 3.05) is 19.9 Å². The van der Waals surface area contributed by atoms with E-state index >= 15 is 0 Å². The Morgan fingerprint density at radius 2 is 1.59 bits per heavy atom. The first-order valence-corrected chi connectivity index (χ1v) is 10.7. The highest BCUT2D eigenvalue weighted by molar-refractivity contribution is 8.13. The van der Waals surface area contributed by atoms with Crippen LogP contribution in [0.1, 0.15) is 11.1 Å². The molecule has 0 amide bonds. The predicted octanol–water partition coefficient (Wildman–Crippen LogP) is 5.50. The minimum Gasteiger partial charge on any atom is -0.508 e. The number of nitrogens with zero attached hydrogens (tertiary/aromatic N) is 2. The Morgan fingerprint density at radius 1 is 0.931 bits per heavy atom. The molecular weight excluding hydrogens is 380 g/mol. The molecule has 0 saturated heterocycles. The zero-order chi connectivity index (χ0) is 20.5. The average molecular weight is 407 g/mol. The molecule has 0 aliphatic heterocycles. The van der Waals surface area contributed by atoms with Gasteiger partial charge in [0.05, 0.1) is 12.8 Å². The predicted molar refractivity (Wildman–Crippen MR) is 122 cm³/mol. The fourth-order valence-electron chi connectivity index (χ4n) is 2.98. The molecule has 3 aromatic carbocycles. The molecule has 3 aromatic rings. The molecule has 0 fully saturated rings. The zero-order valence-electron chi connectivity index (χ0n) is 16.8. The van der Waals surface area contributed by atoms with Gasteiger partial charge in [-0.05, 0) is 60.2 Å². The summed E-state index contributed by atoms with van der Waals surface area (Å²) in [5.41, 5.74) is 3.33. The van der Waals surface area contributed by atoms with Crippen molar-refractivity contribution < 1.29 is 9.84 Å². The number of benzene rings is 3. The summed E-state index contributed by atoms with van der Waals surface area (Å²) in [4.78, 5) is 7.15. The molecule has 0 heterocycles. The lowest BCUT2D eigenvalue weighted by molar-refractivity contribution is 0.413. The lowest BCUT2D eigenvalue weighted by Crippen LogP contribution is -2.30. The van der Waals surface area contributed by atoms with Crippen molar-refractivity contribution in [3.8, 4) is 11.5 Å². The second-order valence-corrected chi connectivity index (χ2v) is 7.39. The maximum Gasteiger partial charge on any atom is 0.164 e. The molecule has 4 nitrogen and oxygen atoms in total. The van der Waals surface area contributed by atoms with Gasteiger partial charge in [0.15, 0.2) is 5.17 Å². The van der Waals surface area contributed by atoms with E-state index in [1.54, 1.807) is 31.0 Å². The van der Waals surface area contributed by atoms with E-state index in [0.29, 0.717) is 0 Å². The van der Waals surface area contributed by atoms with E-state index in [0.717, 1.165) is 41.7 Å². The number of rotatable bonds is 7. The van der Waals surface area contributed by atoms with Gasteiger partial charge in [-0.25, -0.2) is 4.99 Å². The minimum absolute atomic E-state index is 0.279. The lowest BCUT2D eigenvalue weighted by Gasteiger charge is -2.25. The number of aromatic hydroxyl groups is 1. The summed E-state index contributed by atoms with van der Waals surface area (Å²) in [5, 5.41) is 10.6. The molecule has 0 unspecified atom stereocenters. The molecule has 0 atom stereocenters. The minimum atomic E-state index is 0.279. The molecule has 0 saturated carbocycles. The van der Waals surface area contributed by atoms with Gasteiger partial charge in [0.1, 0.15) is 11.5 Å². The van der Waals surface area contributed by atoms with Gasteiger partial charge in [0.25, 0.3) is 0 Å². The highest BCUT2D eigenvalue weighted by Gasteiger charge is 2.12. The fourth-order valence-corrected chi connectivity index (χ4v) is 3.59. The second kappa shape index (κ2) is 10.6. The van der Waals surface area contributed by atoms with Crippen LogP contribution in [0.15, 0.2) is 83.9 Å². The number of thioether (sulfide) groups is 1. The van der Waals surface area contributed by atoms with Gasteiger partial charge in [0.2, 0.25) is 0 Å². The van der Waals surface area contributed by atoms with Gasteiger partial charge in [-0.2, -0.15) is 0 Å². The Labute approximate surface area is 176 Å². The van der Waals surface area contributed by atoms with Crippen LogP contribution in [0.4, 0.5) is 5.69 Å². The summed E-state index contributed by atoms with van der Waals surface area (Å²) < 4.78 is 5.25. The summed E-state index contributed by atoms with van der Waals surface area (Å²) in [6, 6.07) is 25.6. The lowest BCUT2D eigenvalue weighted by atomic mass is 10.1. The number of hydrogen-bond donors (Lipinski definition) is 1. The maximum atomic E-state index is 9.58. The van der Waals surface area contributed by atoms with Crippen LogP contribution >= 0.6 is 11.8 Å². The number of ether oxygens (including phenoxy) is 1. The summed E-state index contributed by atoms with van der Waals surface area (Å²) >= 11 is 1.64. The van der Waals surface area contributed by atoms with E-state index < -0.39 is 0 Å². The van der Waals surface area contributed by atoms with Gasteiger partial charge in [-0.3, -0.25) is 0 Å². The largest absolute Gasteiger partial charge is 0.508 e. The first kappa shape index (κ1) is 20.8. The topological polar surface area (TPSA) is 45.1 Å². The normalized spacial score (nSPS) is 11.3. The monoisotopic (exact) mass is 406 g/mol. The molecule has 29 heavy (non-hydrogen) atoms. The van der Waals surface area contributed by atoms with Crippen molar-refractivity contribution in [1.82, 2.24) is 4.90 Å². The Kier molecular flexibility index (Phi) is 7.59. The number of phenolic OH excluding ortho intramolecular Hbond substituents is 1. The van der Waals surface area contributed by atoms with Gasteiger partial charge >= 0.3 is 0 Å². The van der Waals surface area contributed by atoms with Crippen molar-refractivity contribution in [2.45, 2.75) is 13.0 Å². The molecule has 0 aliphatic rings. The number of aliphatic imine (C=N–C) groups is 1. The average Bonchev–Trinajstić information content (AvgIpc) is 2.77. The zero-order valence-corrected chi connectivity index (χ0v) is 17.6. The number of para-hydroxylation sites is 1. The quantitative estimate of drug-likeness (QED) is 0.416. The molecule has 0 aromatic heterocycles. The van der Waals surface area contributed by atoms with E-state index in [-0.39, 0.29) is 5.75 Å². The summed E-state index contributed by atoms with van der Waals surface area (Å²) in [7, 11) is 1.68. The van der Waals surface area contributed by atoms with Crippen LogP contribution in [0.25, 0.3) is 0 Å². The summed E-state index contributed by atoms with van der Waals surface area (Å²) in [6.07, 6.45) is 2.95. The summed E-state index contributed by atoms with van der Waals surface area (Å²) in [5.74, 6) is 1.15. The van der Waals surface area contributed by atoms with Crippen LogP contribution in [0.2, 0.25) is 0 Å². The Bertz CT molecular complexity index is 910. The van der Waals surface area contributed by atoms with E-state index in [2.05, 4.69) is 23.3 Å². The van der Waals surface area contributed by atoms with E-state index in [1.807, 2.05) is 54.6 Å². The number of hydrogen-bond acceptors (Lipinski definition) is 4. The number of methoxy groups -OCH3 is 1. The van der Waals surface area contributed by atoms with Crippen LogP contribution < -0.4 is 4.74 Å². The van der Waals surface area contributed by atoms with Crippen molar-refractivity contribution in [3.05, 3.63) is 90.0 Å². The van der Waals surface area contributed by atoms with E-state index in [1.165, 1.54) is 5.56 Å². The molecule has 0 radical (unpaired) electrons. The Hall–Kier alpha value is -2.92. The molecule has 0 bridgehead atoms. The number of amidine groups is 1. The Balaban J connectivity index is 1.81. The van der Waals surface area contributed by atoms with E-state index in [4.69, 9.17) is 9.73 Å².